The molecule has 0 aromatic heterocycles. The second-order valence-electron chi connectivity index (χ2n) is 2.52. The van der Waals surface area contributed by atoms with E-state index in [1.54, 1.807) is 19.1 Å². The Kier molecular flexibility index (Phi) is 4.22. The molecule has 0 bridgehead atoms. The van der Waals surface area contributed by atoms with Crippen LogP contribution in [0.3, 0.4) is 0 Å². The first-order valence-corrected chi connectivity index (χ1v) is 4.94. The van der Waals surface area contributed by atoms with E-state index in [4.69, 9.17) is 9.47 Å². The summed E-state index contributed by atoms with van der Waals surface area (Å²) in [5, 5.41) is 0. The molecule has 66 valence electrons. The van der Waals surface area contributed by atoms with Gasteiger partial charge in [-0.3, -0.25) is 0 Å². The molecule has 1 saturated heterocycles. The third kappa shape index (κ3) is 2.99. The van der Waals surface area contributed by atoms with E-state index in [-0.39, 0.29) is 6.10 Å². The molecule has 0 aliphatic carbocycles. The fourth-order valence-corrected chi connectivity index (χ4v) is 1.72. The Morgan fingerprint density at radius 3 is 3.18 bits per heavy atom. The van der Waals surface area contributed by atoms with Crippen molar-refractivity contribution >= 4 is 11.9 Å². The molecule has 1 aliphatic heterocycles. The van der Waals surface area contributed by atoms with Crippen molar-refractivity contribution in [3.8, 4) is 0 Å². The van der Waals surface area contributed by atoms with Crippen molar-refractivity contribution in [3.05, 3.63) is 0 Å². The molecule has 1 atom stereocenters. The molecule has 0 saturated carbocycles. The van der Waals surface area contributed by atoms with Crippen LogP contribution in [0.25, 0.3) is 0 Å². The van der Waals surface area contributed by atoms with Crippen LogP contribution in [0.2, 0.25) is 0 Å². The molecule has 1 rings (SSSR count). The van der Waals surface area contributed by atoms with Crippen molar-refractivity contribution in [2.24, 2.45) is 0 Å². The predicted molar refractivity (Wildman–Crippen MR) is 46.7 cm³/mol. The van der Waals surface area contributed by atoms with Crippen LogP contribution in [0, 0.1) is 0 Å². The summed E-state index contributed by atoms with van der Waals surface area (Å²) in [5.74, 6) is 0. The summed E-state index contributed by atoms with van der Waals surface area (Å²) < 4.78 is 12.8. The van der Waals surface area contributed by atoms with Crippen LogP contribution in [0.15, 0.2) is 0 Å². The van der Waals surface area contributed by atoms with E-state index in [2.05, 4.69) is 10.6 Å². The van der Waals surface area contributed by atoms with Crippen LogP contribution in [0.4, 0.5) is 0 Å². The summed E-state index contributed by atoms with van der Waals surface area (Å²) in [4.78, 5) is 0. The average Bonchev–Trinajstić information content (AvgIpc) is 2.06. The molecular formula is C7H15NO2S. The lowest BCUT2D eigenvalue weighted by molar-refractivity contribution is -0.0384. The topological polar surface area (TPSA) is 21.7 Å². The zero-order chi connectivity index (χ0) is 8.10. The van der Waals surface area contributed by atoms with Crippen molar-refractivity contribution in [2.75, 3.05) is 39.7 Å². The number of nitrogens with zero attached hydrogens (tertiary/aromatic N) is 1. The SMILES string of the molecule is COC[C@H]1CN(SC)CCO1. The van der Waals surface area contributed by atoms with Crippen molar-refractivity contribution in [2.45, 2.75) is 6.10 Å². The molecule has 0 N–H and O–H groups in total. The Hall–Kier alpha value is 0.230. The summed E-state index contributed by atoms with van der Waals surface area (Å²) >= 11 is 1.77. The third-order valence-electron chi connectivity index (χ3n) is 1.71. The van der Waals surface area contributed by atoms with E-state index >= 15 is 0 Å². The van der Waals surface area contributed by atoms with Gasteiger partial charge in [-0.25, -0.2) is 4.31 Å². The van der Waals surface area contributed by atoms with Crippen molar-refractivity contribution in [3.63, 3.8) is 0 Å². The molecule has 4 heteroatoms. The lowest BCUT2D eigenvalue weighted by Crippen LogP contribution is -2.40. The monoisotopic (exact) mass is 177 g/mol. The van der Waals surface area contributed by atoms with Gasteiger partial charge in [-0.05, 0) is 6.26 Å². The summed E-state index contributed by atoms with van der Waals surface area (Å²) in [5.41, 5.74) is 0. The minimum atomic E-state index is 0.265. The summed E-state index contributed by atoms with van der Waals surface area (Å²) in [6.45, 7) is 3.54. The smallest absolute Gasteiger partial charge is 0.0944 e. The highest BCUT2D eigenvalue weighted by atomic mass is 32.2. The minimum Gasteiger partial charge on any atom is -0.382 e. The van der Waals surface area contributed by atoms with Crippen LogP contribution in [-0.2, 0) is 9.47 Å². The van der Waals surface area contributed by atoms with E-state index in [0.29, 0.717) is 6.61 Å². The van der Waals surface area contributed by atoms with E-state index in [0.717, 1.165) is 19.7 Å². The molecule has 1 aliphatic rings. The number of methoxy groups -OCH3 is 1. The van der Waals surface area contributed by atoms with E-state index in [1.807, 2.05) is 0 Å². The van der Waals surface area contributed by atoms with Crippen LogP contribution < -0.4 is 0 Å². The Morgan fingerprint density at radius 1 is 1.73 bits per heavy atom. The van der Waals surface area contributed by atoms with E-state index in [1.165, 1.54) is 0 Å². The van der Waals surface area contributed by atoms with Crippen molar-refractivity contribution in [1.82, 2.24) is 4.31 Å². The van der Waals surface area contributed by atoms with Crippen LogP contribution in [-0.4, -0.2) is 50.1 Å². The highest BCUT2D eigenvalue weighted by Gasteiger charge is 2.18. The Bertz CT molecular complexity index is 111. The van der Waals surface area contributed by atoms with Crippen LogP contribution in [0.1, 0.15) is 0 Å². The van der Waals surface area contributed by atoms with Crippen LogP contribution in [0.5, 0.6) is 0 Å². The molecule has 0 aromatic carbocycles. The van der Waals surface area contributed by atoms with Gasteiger partial charge >= 0.3 is 0 Å². The fraction of sp³-hybridized carbons (Fsp3) is 1.00. The molecule has 0 radical (unpaired) electrons. The second kappa shape index (κ2) is 4.98. The van der Waals surface area contributed by atoms with Gasteiger partial charge in [0.15, 0.2) is 0 Å². The fourth-order valence-electron chi connectivity index (χ4n) is 1.14. The molecule has 3 nitrogen and oxygen atoms in total. The maximum atomic E-state index is 5.47. The Labute approximate surface area is 72.2 Å². The second-order valence-corrected chi connectivity index (χ2v) is 3.40. The molecule has 0 aromatic rings. The highest BCUT2D eigenvalue weighted by Crippen LogP contribution is 2.12. The molecule has 11 heavy (non-hydrogen) atoms. The zero-order valence-corrected chi connectivity index (χ0v) is 7.89. The van der Waals surface area contributed by atoms with E-state index in [9.17, 15) is 0 Å². The Morgan fingerprint density at radius 2 is 2.55 bits per heavy atom. The maximum absolute atomic E-state index is 5.47. The molecule has 1 fully saturated rings. The first-order valence-electron chi connectivity index (χ1n) is 3.76. The third-order valence-corrected chi connectivity index (χ3v) is 2.56. The standard InChI is InChI=1S/C7H15NO2S/c1-9-6-7-5-8(11-2)3-4-10-7/h7H,3-6H2,1-2H3/t7-/m1/s1. The number of rotatable bonds is 3. The largest absolute Gasteiger partial charge is 0.382 e. The maximum Gasteiger partial charge on any atom is 0.0944 e. The van der Waals surface area contributed by atoms with Gasteiger partial charge in [0.25, 0.3) is 0 Å². The minimum absolute atomic E-state index is 0.265. The molecule has 0 spiro atoms. The van der Waals surface area contributed by atoms with Crippen molar-refractivity contribution < 1.29 is 9.47 Å². The molecule has 1 heterocycles. The van der Waals surface area contributed by atoms with Gasteiger partial charge < -0.3 is 9.47 Å². The number of hydrogen-bond donors (Lipinski definition) is 0. The predicted octanol–water partition coefficient (Wildman–Crippen LogP) is 0.612. The normalized spacial score (nSPS) is 27.3. The van der Waals surface area contributed by atoms with Gasteiger partial charge in [0.2, 0.25) is 0 Å². The zero-order valence-electron chi connectivity index (χ0n) is 7.08. The van der Waals surface area contributed by atoms with Gasteiger partial charge in [-0.15, -0.1) is 0 Å². The number of ether oxygens (including phenoxy) is 2. The van der Waals surface area contributed by atoms with Gasteiger partial charge in [0.1, 0.15) is 0 Å². The molecule has 0 unspecified atom stereocenters. The first kappa shape index (κ1) is 9.32. The summed E-state index contributed by atoms with van der Waals surface area (Å²) in [6.07, 6.45) is 2.36. The first-order chi connectivity index (χ1) is 5.36. The van der Waals surface area contributed by atoms with Crippen molar-refractivity contribution in [1.29, 1.82) is 0 Å². The van der Waals surface area contributed by atoms with Crippen LogP contribution >= 0.6 is 11.9 Å². The van der Waals surface area contributed by atoms with E-state index < -0.39 is 0 Å². The quantitative estimate of drug-likeness (QED) is 0.589. The molecular weight excluding hydrogens is 162 g/mol. The highest BCUT2D eigenvalue weighted by molar-refractivity contribution is 7.96. The number of hydrogen-bond acceptors (Lipinski definition) is 4. The average molecular weight is 177 g/mol. The number of morpholine rings is 1. The Balaban J connectivity index is 2.21. The molecule has 0 amide bonds. The summed E-state index contributed by atoms with van der Waals surface area (Å²) in [7, 11) is 1.71. The van der Waals surface area contributed by atoms with Gasteiger partial charge in [-0.1, -0.05) is 11.9 Å². The summed E-state index contributed by atoms with van der Waals surface area (Å²) in [6, 6.07) is 0. The van der Waals surface area contributed by atoms with Gasteiger partial charge in [0, 0.05) is 20.2 Å². The lowest BCUT2D eigenvalue weighted by atomic mass is 10.3. The van der Waals surface area contributed by atoms with Gasteiger partial charge in [0.05, 0.1) is 19.3 Å². The van der Waals surface area contributed by atoms with Gasteiger partial charge in [-0.2, -0.15) is 0 Å². The lowest BCUT2D eigenvalue weighted by Gasteiger charge is -2.30.